The molecule has 0 radical (unpaired) electrons. The number of aromatic nitrogens is 2. The molecular formula is C22H22Cl3N4O+. The molecule has 4 rings (SSSR count). The van der Waals surface area contributed by atoms with E-state index in [2.05, 4.69) is 10.5 Å². The van der Waals surface area contributed by atoms with E-state index in [1.165, 1.54) is 6.42 Å². The largest absolute Gasteiger partial charge is 0.288 e. The molecular weight excluding hydrogens is 443 g/mol. The van der Waals surface area contributed by atoms with Gasteiger partial charge in [0.2, 0.25) is 5.69 Å². The lowest BCUT2D eigenvalue weighted by Gasteiger charge is -2.26. The van der Waals surface area contributed by atoms with E-state index in [0.29, 0.717) is 26.4 Å². The summed E-state index contributed by atoms with van der Waals surface area (Å²) >= 11 is 18.7. The van der Waals surface area contributed by atoms with Crippen molar-refractivity contribution in [2.24, 2.45) is 0 Å². The second kappa shape index (κ2) is 8.98. The van der Waals surface area contributed by atoms with Gasteiger partial charge in [0.15, 0.2) is 5.69 Å². The topological polar surface area (TPSA) is 52.0 Å². The number of hydrogen-bond acceptors (Lipinski definition) is 2. The van der Waals surface area contributed by atoms with E-state index in [1.807, 2.05) is 46.9 Å². The molecule has 0 atom stereocenters. The van der Waals surface area contributed by atoms with E-state index in [-0.39, 0.29) is 5.91 Å². The SMILES string of the molecule is Cc1c(C(=O)NN2CCCCC2)[nH][n+](-c2ccc(Cl)cc2Cl)c1-c1ccc(Cl)cc1. The van der Waals surface area contributed by atoms with Crippen molar-refractivity contribution in [2.75, 3.05) is 13.1 Å². The van der Waals surface area contributed by atoms with E-state index in [4.69, 9.17) is 34.8 Å². The van der Waals surface area contributed by atoms with Crippen molar-refractivity contribution in [1.82, 2.24) is 15.5 Å². The maximum absolute atomic E-state index is 13.1. The van der Waals surface area contributed by atoms with Crippen LogP contribution in [0, 0.1) is 6.92 Å². The average molecular weight is 465 g/mol. The third-order valence-electron chi connectivity index (χ3n) is 5.29. The number of H-pyrrole nitrogens is 1. The summed E-state index contributed by atoms with van der Waals surface area (Å²) in [4.78, 5) is 13.1. The molecule has 3 aromatic rings. The number of aromatic amines is 1. The van der Waals surface area contributed by atoms with Crippen molar-refractivity contribution in [3.05, 3.63) is 68.8 Å². The predicted molar refractivity (Wildman–Crippen MR) is 120 cm³/mol. The first-order valence-electron chi connectivity index (χ1n) is 9.86. The lowest BCUT2D eigenvalue weighted by molar-refractivity contribution is -0.644. The molecule has 8 heteroatoms. The van der Waals surface area contributed by atoms with Crippen LogP contribution in [0.15, 0.2) is 42.5 Å². The molecule has 1 aromatic heterocycles. The fraction of sp³-hybridized carbons (Fsp3) is 0.273. The van der Waals surface area contributed by atoms with Crippen LogP contribution in [0.25, 0.3) is 16.9 Å². The predicted octanol–water partition coefficient (Wildman–Crippen LogP) is 5.36. The summed E-state index contributed by atoms with van der Waals surface area (Å²) in [6, 6.07) is 12.8. The van der Waals surface area contributed by atoms with E-state index in [1.54, 1.807) is 12.1 Å². The number of nitrogens with one attached hydrogen (secondary N) is 2. The molecule has 1 amide bonds. The van der Waals surface area contributed by atoms with Crippen LogP contribution in [-0.4, -0.2) is 29.1 Å². The first-order valence-corrected chi connectivity index (χ1v) is 11.0. The first-order chi connectivity index (χ1) is 14.4. The molecule has 30 heavy (non-hydrogen) atoms. The molecule has 1 aliphatic heterocycles. The number of nitrogens with zero attached hydrogens (tertiary/aromatic N) is 2. The van der Waals surface area contributed by atoms with Gasteiger partial charge in [-0.05, 0) is 56.2 Å². The summed E-state index contributed by atoms with van der Waals surface area (Å²) in [5.41, 5.74) is 6.77. The number of amides is 1. The Balaban J connectivity index is 1.80. The minimum atomic E-state index is -0.173. The average Bonchev–Trinajstić information content (AvgIpc) is 3.06. The Labute approximate surface area is 190 Å². The molecule has 156 valence electrons. The number of hydrazine groups is 1. The van der Waals surface area contributed by atoms with Gasteiger partial charge in [0.05, 0.1) is 5.56 Å². The van der Waals surface area contributed by atoms with Gasteiger partial charge in [0.25, 0.3) is 11.6 Å². The van der Waals surface area contributed by atoms with Gasteiger partial charge in [-0.3, -0.25) is 10.2 Å². The Morgan fingerprint density at radius 2 is 1.67 bits per heavy atom. The lowest BCUT2D eigenvalue weighted by Crippen LogP contribution is -2.45. The van der Waals surface area contributed by atoms with Crippen molar-refractivity contribution < 1.29 is 9.48 Å². The van der Waals surface area contributed by atoms with Crippen LogP contribution in [0.5, 0.6) is 0 Å². The summed E-state index contributed by atoms with van der Waals surface area (Å²) in [7, 11) is 0. The maximum atomic E-state index is 13.1. The smallest absolute Gasteiger partial charge is 0.283 e. The Morgan fingerprint density at radius 3 is 2.33 bits per heavy atom. The van der Waals surface area contributed by atoms with Crippen molar-refractivity contribution in [3.8, 4) is 16.9 Å². The molecule has 2 N–H and O–H groups in total. The molecule has 1 fully saturated rings. The highest BCUT2D eigenvalue weighted by atomic mass is 35.5. The molecule has 0 aliphatic carbocycles. The van der Waals surface area contributed by atoms with Gasteiger partial charge in [0.1, 0.15) is 5.02 Å². The fourth-order valence-electron chi connectivity index (χ4n) is 3.76. The molecule has 1 aliphatic rings. The third-order valence-corrected chi connectivity index (χ3v) is 6.08. The second-order valence-electron chi connectivity index (χ2n) is 7.39. The highest BCUT2D eigenvalue weighted by molar-refractivity contribution is 6.35. The van der Waals surface area contributed by atoms with Gasteiger partial charge >= 0.3 is 0 Å². The van der Waals surface area contributed by atoms with Crippen LogP contribution in [0.1, 0.15) is 35.3 Å². The monoisotopic (exact) mass is 463 g/mol. The summed E-state index contributed by atoms with van der Waals surface area (Å²) in [6.45, 7) is 3.64. The zero-order valence-electron chi connectivity index (χ0n) is 16.5. The first kappa shape index (κ1) is 21.2. The second-order valence-corrected chi connectivity index (χ2v) is 8.67. The third kappa shape index (κ3) is 4.35. The summed E-state index contributed by atoms with van der Waals surface area (Å²) < 4.78 is 1.82. The Kier molecular flexibility index (Phi) is 6.34. The molecule has 0 unspecified atom stereocenters. The summed E-state index contributed by atoms with van der Waals surface area (Å²) in [6.07, 6.45) is 3.37. The van der Waals surface area contributed by atoms with Crippen molar-refractivity contribution in [2.45, 2.75) is 26.2 Å². The lowest BCUT2D eigenvalue weighted by atomic mass is 10.1. The van der Waals surface area contributed by atoms with Gasteiger partial charge in [-0.2, -0.15) is 5.10 Å². The summed E-state index contributed by atoms with van der Waals surface area (Å²) in [5, 5.41) is 6.89. The Bertz CT molecular complexity index is 1070. The molecule has 1 saturated heterocycles. The Hall–Kier alpha value is -2.05. The number of piperidine rings is 1. The molecule has 0 saturated carbocycles. The highest BCUT2D eigenvalue weighted by Crippen LogP contribution is 2.28. The molecule has 5 nitrogen and oxygen atoms in total. The zero-order chi connectivity index (χ0) is 21.3. The van der Waals surface area contributed by atoms with E-state index in [9.17, 15) is 4.79 Å². The maximum Gasteiger partial charge on any atom is 0.288 e. The van der Waals surface area contributed by atoms with E-state index >= 15 is 0 Å². The van der Waals surface area contributed by atoms with E-state index in [0.717, 1.165) is 42.8 Å². The normalized spacial score (nSPS) is 14.7. The van der Waals surface area contributed by atoms with Gasteiger partial charge in [0, 0.05) is 34.8 Å². The molecule has 0 spiro atoms. The summed E-state index contributed by atoms with van der Waals surface area (Å²) in [5.74, 6) is -0.173. The van der Waals surface area contributed by atoms with Gasteiger partial charge in [-0.15, -0.1) is 0 Å². The number of halogens is 3. The van der Waals surface area contributed by atoms with Crippen molar-refractivity contribution in [1.29, 1.82) is 0 Å². The van der Waals surface area contributed by atoms with Gasteiger partial charge < -0.3 is 0 Å². The van der Waals surface area contributed by atoms with Crippen LogP contribution in [0.2, 0.25) is 15.1 Å². The van der Waals surface area contributed by atoms with Gasteiger partial charge in [-0.1, -0.05) is 45.9 Å². The number of rotatable bonds is 4. The quantitative estimate of drug-likeness (QED) is 0.511. The molecule has 2 aromatic carbocycles. The van der Waals surface area contributed by atoms with Crippen LogP contribution < -0.4 is 10.1 Å². The van der Waals surface area contributed by atoms with Crippen LogP contribution in [-0.2, 0) is 0 Å². The number of carbonyl (C=O) groups is 1. The van der Waals surface area contributed by atoms with Gasteiger partial charge in [-0.25, -0.2) is 5.01 Å². The minimum absolute atomic E-state index is 0.173. The minimum Gasteiger partial charge on any atom is -0.283 e. The van der Waals surface area contributed by atoms with Crippen LogP contribution >= 0.6 is 34.8 Å². The fourth-order valence-corrected chi connectivity index (χ4v) is 4.38. The standard InChI is InChI=1S/C22H21Cl3N4O/c1-14-20(22(30)27-28-11-3-2-4-12-28)26-29(19-10-9-17(24)13-18(19)25)21(14)15-5-7-16(23)8-6-15/h5-10,13H,2-4,11-12H2,1H3,(H,27,30)/p+1. The molecule has 2 heterocycles. The number of carbonyl (C=O) groups excluding carboxylic acids is 1. The van der Waals surface area contributed by atoms with Crippen LogP contribution in [0.4, 0.5) is 0 Å². The Morgan fingerprint density at radius 1 is 1.00 bits per heavy atom. The van der Waals surface area contributed by atoms with Crippen molar-refractivity contribution >= 4 is 40.7 Å². The number of hydrogen-bond donors (Lipinski definition) is 2. The zero-order valence-corrected chi connectivity index (χ0v) is 18.8. The van der Waals surface area contributed by atoms with Crippen molar-refractivity contribution in [3.63, 3.8) is 0 Å². The van der Waals surface area contributed by atoms with Crippen LogP contribution in [0.3, 0.4) is 0 Å². The highest BCUT2D eigenvalue weighted by Gasteiger charge is 2.31. The number of benzene rings is 2. The van der Waals surface area contributed by atoms with E-state index < -0.39 is 0 Å². The molecule has 0 bridgehead atoms.